The van der Waals surface area contributed by atoms with Crippen LogP contribution in [0, 0.1) is 0 Å². The van der Waals surface area contributed by atoms with Crippen LogP contribution in [-0.4, -0.2) is 9.78 Å². The SMILES string of the molecule is Cn1nc(N)cc1-c1ccccc1Br. The van der Waals surface area contributed by atoms with Crippen LogP contribution in [0.15, 0.2) is 34.8 Å². The zero-order valence-corrected chi connectivity index (χ0v) is 9.32. The third-order valence-corrected chi connectivity index (χ3v) is 2.74. The predicted molar refractivity (Wildman–Crippen MR) is 60.8 cm³/mol. The van der Waals surface area contributed by atoms with E-state index in [9.17, 15) is 0 Å². The Balaban J connectivity index is 2.60. The quantitative estimate of drug-likeness (QED) is 0.847. The molecule has 0 radical (unpaired) electrons. The lowest BCUT2D eigenvalue weighted by atomic mass is 10.1. The first kappa shape index (κ1) is 9.27. The van der Waals surface area contributed by atoms with Crippen molar-refractivity contribution in [2.45, 2.75) is 0 Å². The maximum atomic E-state index is 5.62. The van der Waals surface area contributed by atoms with Crippen molar-refractivity contribution in [1.29, 1.82) is 0 Å². The van der Waals surface area contributed by atoms with Crippen LogP contribution in [0.2, 0.25) is 0 Å². The predicted octanol–water partition coefficient (Wildman–Crippen LogP) is 2.43. The van der Waals surface area contributed by atoms with Gasteiger partial charge in [0.25, 0.3) is 0 Å². The number of nitrogens with two attached hydrogens (primary N) is 1. The first-order valence-electron chi connectivity index (χ1n) is 4.23. The van der Waals surface area contributed by atoms with Crippen LogP contribution in [0.5, 0.6) is 0 Å². The molecule has 0 aliphatic rings. The average Bonchev–Trinajstić information content (AvgIpc) is 2.46. The Morgan fingerprint density at radius 3 is 2.64 bits per heavy atom. The summed E-state index contributed by atoms with van der Waals surface area (Å²) in [5.41, 5.74) is 7.73. The summed E-state index contributed by atoms with van der Waals surface area (Å²) in [7, 11) is 1.88. The van der Waals surface area contributed by atoms with E-state index >= 15 is 0 Å². The van der Waals surface area contributed by atoms with Crippen molar-refractivity contribution in [3.8, 4) is 11.3 Å². The van der Waals surface area contributed by atoms with Crippen molar-refractivity contribution in [3.05, 3.63) is 34.8 Å². The third kappa shape index (κ3) is 1.53. The molecule has 0 bridgehead atoms. The molecule has 0 aliphatic carbocycles. The summed E-state index contributed by atoms with van der Waals surface area (Å²) in [4.78, 5) is 0. The molecule has 4 heteroatoms. The van der Waals surface area contributed by atoms with E-state index < -0.39 is 0 Å². The highest BCUT2D eigenvalue weighted by Crippen LogP contribution is 2.28. The summed E-state index contributed by atoms with van der Waals surface area (Å²) < 4.78 is 2.82. The Morgan fingerprint density at radius 2 is 2.07 bits per heavy atom. The maximum absolute atomic E-state index is 5.62. The summed E-state index contributed by atoms with van der Waals surface area (Å²) >= 11 is 3.49. The van der Waals surface area contributed by atoms with E-state index in [2.05, 4.69) is 21.0 Å². The van der Waals surface area contributed by atoms with Crippen LogP contribution >= 0.6 is 15.9 Å². The minimum Gasteiger partial charge on any atom is -0.382 e. The van der Waals surface area contributed by atoms with E-state index in [0.717, 1.165) is 15.7 Å². The number of halogens is 1. The number of hydrogen-bond acceptors (Lipinski definition) is 2. The van der Waals surface area contributed by atoms with Crippen molar-refractivity contribution < 1.29 is 0 Å². The van der Waals surface area contributed by atoms with Gasteiger partial charge in [0.05, 0.1) is 5.69 Å². The van der Waals surface area contributed by atoms with Gasteiger partial charge in [0.15, 0.2) is 0 Å². The molecule has 0 spiro atoms. The van der Waals surface area contributed by atoms with Crippen molar-refractivity contribution in [3.63, 3.8) is 0 Å². The molecule has 3 nitrogen and oxygen atoms in total. The molecule has 0 saturated carbocycles. The second kappa shape index (κ2) is 3.46. The Hall–Kier alpha value is -1.29. The number of rotatable bonds is 1. The topological polar surface area (TPSA) is 43.8 Å². The minimum atomic E-state index is 0.540. The highest BCUT2D eigenvalue weighted by molar-refractivity contribution is 9.10. The Labute approximate surface area is 90.7 Å². The summed E-state index contributed by atoms with van der Waals surface area (Å²) in [5, 5.41) is 4.10. The molecule has 2 aromatic rings. The molecule has 0 unspecified atom stereocenters. The molecular weight excluding hydrogens is 242 g/mol. The van der Waals surface area contributed by atoms with E-state index in [0.29, 0.717) is 5.82 Å². The van der Waals surface area contributed by atoms with Crippen molar-refractivity contribution >= 4 is 21.7 Å². The van der Waals surface area contributed by atoms with Crippen LogP contribution < -0.4 is 5.73 Å². The normalized spacial score (nSPS) is 10.4. The van der Waals surface area contributed by atoms with E-state index in [-0.39, 0.29) is 0 Å². The number of nitrogens with zero attached hydrogens (tertiary/aromatic N) is 2. The molecule has 1 heterocycles. The van der Waals surface area contributed by atoms with Crippen molar-refractivity contribution in [2.24, 2.45) is 7.05 Å². The maximum Gasteiger partial charge on any atom is 0.146 e. The largest absolute Gasteiger partial charge is 0.382 e. The lowest BCUT2D eigenvalue weighted by Gasteiger charge is -2.03. The zero-order valence-electron chi connectivity index (χ0n) is 7.74. The molecule has 0 atom stereocenters. The van der Waals surface area contributed by atoms with Gasteiger partial charge in [0.1, 0.15) is 5.82 Å². The second-order valence-electron chi connectivity index (χ2n) is 3.06. The fourth-order valence-electron chi connectivity index (χ4n) is 1.41. The van der Waals surface area contributed by atoms with Crippen molar-refractivity contribution in [1.82, 2.24) is 9.78 Å². The molecule has 14 heavy (non-hydrogen) atoms. The van der Waals surface area contributed by atoms with Crippen LogP contribution in [0.3, 0.4) is 0 Å². The molecule has 1 aromatic heterocycles. The van der Waals surface area contributed by atoms with Gasteiger partial charge in [0, 0.05) is 23.2 Å². The van der Waals surface area contributed by atoms with E-state index in [1.54, 1.807) is 4.68 Å². The lowest BCUT2D eigenvalue weighted by molar-refractivity contribution is 0.780. The zero-order chi connectivity index (χ0) is 10.1. The van der Waals surface area contributed by atoms with E-state index in [1.165, 1.54) is 0 Å². The molecule has 2 N–H and O–H groups in total. The van der Waals surface area contributed by atoms with Crippen LogP contribution in [0.25, 0.3) is 11.3 Å². The first-order valence-corrected chi connectivity index (χ1v) is 5.02. The van der Waals surface area contributed by atoms with E-state index in [1.807, 2.05) is 37.4 Å². The van der Waals surface area contributed by atoms with Gasteiger partial charge in [-0.15, -0.1) is 0 Å². The van der Waals surface area contributed by atoms with Gasteiger partial charge < -0.3 is 5.73 Å². The third-order valence-electron chi connectivity index (χ3n) is 2.05. The monoisotopic (exact) mass is 251 g/mol. The fraction of sp³-hybridized carbons (Fsp3) is 0.100. The number of hydrogen-bond donors (Lipinski definition) is 1. The molecule has 0 aliphatic heterocycles. The first-order chi connectivity index (χ1) is 6.68. The Kier molecular flexibility index (Phi) is 2.29. The van der Waals surface area contributed by atoms with Crippen LogP contribution in [0.4, 0.5) is 5.82 Å². The molecule has 0 fully saturated rings. The minimum absolute atomic E-state index is 0.540. The van der Waals surface area contributed by atoms with Gasteiger partial charge in [-0.25, -0.2) is 0 Å². The smallest absolute Gasteiger partial charge is 0.146 e. The second-order valence-corrected chi connectivity index (χ2v) is 3.91. The summed E-state index contributed by atoms with van der Waals surface area (Å²) in [6.07, 6.45) is 0. The van der Waals surface area contributed by atoms with Gasteiger partial charge in [-0.05, 0) is 6.07 Å². The van der Waals surface area contributed by atoms with Gasteiger partial charge in [-0.1, -0.05) is 34.1 Å². The number of anilines is 1. The molecule has 72 valence electrons. The summed E-state index contributed by atoms with van der Waals surface area (Å²) in [5.74, 6) is 0.540. The summed E-state index contributed by atoms with van der Waals surface area (Å²) in [6, 6.07) is 9.86. The molecule has 0 saturated heterocycles. The van der Waals surface area contributed by atoms with Gasteiger partial charge in [-0.2, -0.15) is 5.10 Å². The standard InChI is InChI=1S/C10H10BrN3/c1-14-9(6-10(12)13-14)7-4-2-3-5-8(7)11/h2-6H,1H3,(H2,12,13). The Bertz CT molecular complexity index is 462. The van der Waals surface area contributed by atoms with E-state index in [4.69, 9.17) is 5.73 Å². The van der Waals surface area contributed by atoms with Gasteiger partial charge in [0.2, 0.25) is 0 Å². The summed E-state index contributed by atoms with van der Waals surface area (Å²) in [6.45, 7) is 0. The van der Waals surface area contributed by atoms with Crippen molar-refractivity contribution in [2.75, 3.05) is 5.73 Å². The van der Waals surface area contributed by atoms with Crippen LogP contribution in [0.1, 0.15) is 0 Å². The average molecular weight is 252 g/mol. The lowest BCUT2D eigenvalue weighted by Crippen LogP contribution is -1.94. The molecular formula is C10H10BrN3. The highest BCUT2D eigenvalue weighted by Gasteiger charge is 2.07. The number of benzene rings is 1. The van der Waals surface area contributed by atoms with Gasteiger partial charge >= 0.3 is 0 Å². The molecule has 0 amide bonds. The van der Waals surface area contributed by atoms with Gasteiger partial charge in [-0.3, -0.25) is 4.68 Å². The highest BCUT2D eigenvalue weighted by atomic mass is 79.9. The molecule has 1 aromatic carbocycles. The Morgan fingerprint density at radius 1 is 1.36 bits per heavy atom. The van der Waals surface area contributed by atoms with Crippen LogP contribution in [-0.2, 0) is 7.05 Å². The number of aromatic nitrogens is 2. The molecule has 2 rings (SSSR count). The number of aryl methyl sites for hydroxylation is 1. The number of nitrogen functional groups attached to an aromatic ring is 1. The fourth-order valence-corrected chi connectivity index (χ4v) is 1.90.